The fourth-order valence-electron chi connectivity index (χ4n) is 4.49. The van der Waals surface area contributed by atoms with Crippen molar-refractivity contribution in [3.05, 3.63) is 77.4 Å². The standard InChI is InChI=1S/C26H28N4O4/c1-16-8-10-18(11-9-16)20-14-22-26(31)29(12-13-30(22)28-20)15-21-17(2)34-25(27-21)19-6-5-7-23(32-3)24(19)33-4/h5-13,20,22,28H,14-15H2,1-4H3. The third-order valence-corrected chi connectivity index (χ3v) is 6.40. The third-order valence-electron chi connectivity index (χ3n) is 6.40. The van der Waals surface area contributed by atoms with E-state index >= 15 is 0 Å². The summed E-state index contributed by atoms with van der Waals surface area (Å²) in [5.74, 6) is 2.28. The number of nitrogens with zero attached hydrogens (tertiary/aromatic N) is 3. The van der Waals surface area contributed by atoms with Crippen LogP contribution in [0.2, 0.25) is 0 Å². The number of aromatic nitrogens is 1. The van der Waals surface area contributed by atoms with E-state index in [4.69, 9.17) is 13.9 Å². The predicted octanol–water partition coefficient (Wildman–Crippen LogP) is 4.11. The Balaban J connectivity index is 1.34. The molecule has 2 aromatic carbocycles. The zero-order valence-corrected chi connectivity index (χ0v) is 19.7. The van der Waals surface area contributed by atoms with E-state index in [1.807, 2.05) is 36.3 Å². The van der Waals surface area contributed by atoms with Gasteiger partial charge in [0.25, 0.3) is 5.91 Å². The van der Waals surface area contributed by atoms with Gasteiger partial charge in [-0.3, -0.25) is 4.79 Å². The molecule has 3 aromatic rings. The molecule has 2 aliphatic heterocycles. The molecule has 5 rings (SSSR count). The molecule has 0 spiro atoms. The van der Waals surface area contributed by atoms with Gasteiger partial charge in [-0.15, -0.1) is 0 Å². The van der Waals surface area contributed by atoms with Crippen molar-refractivity contribution >= 4 is 5.91 Å². The Hall–Kier alpha value is -3.78. The average molecular weight is 461 g/mol. The largest absolute Gasteiger partial charge is 0.493 e. The summed E-state index contributed by atoms with van der Waals surface area (Å²) in [5, 5.41) is 1.91. The number of aryl methyl sites for hydroxylation is 2. The molecule has 1 amide bonds. The molecule has 0 radical (unpaired) electrons. The molecule has 34 heavy (non-hydrogen) atoms. The number of para-hydroxylation sites is 1. The first kappa shape index (κ1) is 22.0. The fourth-order valence-corrected chi connectivity index (χ4v) is 4.49. The van der Waals surface area contributed by atoms with Gasteiger partial charge in [0.05, 0.1) is 32.4 Å². The number of hydrogen-bond donors (Lipinski definition) is 1. The molecule has 0 bridgehead atoms. The van der Waals surface area contributed by atoms with Crippen LogP contribution in [0.5, 0.6) is 11.5 Å². The van der Waals surface area contributed by atoms with Crippen LogP contribution in [0.3, 0.4) is 0 Å². The quantitative estimate of drug-likeness (QED) is 0.593. The minimum absolute atomic E-state index is 0.0347. The van der Waals surface area contributed by atoms with Gasteiger partial charge in [-0.05, 0) is 38.0 Å². The highest BCUT2D eigenvalue weighted by Crippen LogP contribution is 2.38. The topological polar surface area (TPSA) is 80.1 Å². The first-order valence-electron chi connectivity index (χ1n) is 11.3. The van der Waals surface area contributed by atoms with Crippen LogP contribution in [-0.4, -0.2) is 41.1 Å². The van der Waals surface area contributed by atoms with E-state index in [0.29, 0.717) is 47.4 Å². The Labute approximate surface area is 198 Å². The molecule has 0 aliphatic carbocycles. The number of amides is 1. The van der Waals surface area contributed by atoms with Gasteiger partial charge in [-0.1, -0.05) is 35.9 Å². The molecule has 2 unspecified atom stereocenters. The van der Waals surface area contributed by atoms with E-state index in [1.54, 1.807) is 25.3 Å². The summed E-state index contributed by atoms with van der Waals surface area (Å²) in [6, 6.07) is 13.8. The van der Waals surface area contributed by atoms with Crippen LogP contribution in [-0.2, 0) is 11.3 Å². The van der Waals surface area contributed by atoms with E-state index in [2.05, 4.69) is 41.6 Å². The number of fused-ring (bicyclic) bond motifs is 1. The first-order valence-corrected chi connectivity index (χ1v) is 11.3. The van der Waals surface area contributed by atoms with Gasteiger partial charge in [0.1, 0.15) is 17.5 Å². The number of hydrogen-bond acceptors (Lipinski definition) is 7. The molecule has 0 saturated carbocycles. The van der Waals surface area contributed by atoms with Crippen LogP contribution < -0.4 is 14.9 Å². The molecule has 1 N–H and O–H groups in total. The highest BCUT2D eigenvalue weighted by atomic mass is 16.5. The van der Waals surface area contributed by atoms with Gasteiger partial charge < -0.3 is 23.8 Å². The van der Waals surface area contributed by atoms with Crippen molar-refractivity contribution in [1.29, 1.82) is 0 Å². The van der Waals surface area contributed by atoms with E-state index in [9.17, 15) is 4.79 Å². The van der Waals surface area contributed by atoms with E-state index < -0.39 is 0 Å². The van der Waals surface area contributed by atoms with Crippen molar-refractivity contribution in [3.8, 4) is 23.0 Å². The lowest BCUT2D eigenvalue weighted by atomic mass is 10.00. The van der Waals surface area contributed by atoms with Crippen molar-refractivity contribution in [1.82, 2.24) is 20.3 Å². The molecule has 176 valence electrons. The second kappa shape index (κ2) is 8.87. The van der Waals surface area contributed by atoms with Crippen molar-refractivity contribution in [3.63, 3.8) is 0 Å². The minimum Gasteiger partial charge on any atom is -0.493 e. The van der Waals surface area contributed by atoms with E-state index in [1.165, 1.54) is 11.1 Å². The molecular formula is C26H28N4O4. The van der Waals surface area contributed by atoms with Gasteiger partial charge in [0.2, 0.25) is 5.89 Å². The Kier molecular flexibility index (Phi) is 5.75. The molecule has 1 aromatic heterocycles. The molecule has 8 nitrogen and oxygen atoms in total. The summed E-state index contributed by atoms with van der Waals surface area (Å²) in [6.45, 7) is 4.25. The van der Waals surface area contributed by atoms with Crippen LogP contribution >= 0.6 is 0 Å². The second-order valence-electron chi connectivity index (χ2n) is 8.58. The highest BCUT2D eigenvalue weighted by Gasteiger charge is 2.40. The van der Waals surface area contributed by atoms with Gasteiger partial charge in [0.15, 0.2) is 11.5 Å². The van der Waals surface area contributed by atoms with Gasteiger partial charge >= 0.3 is 0 Å². The Morgan fingerprint density at radius 2 is 1.88 bits per heavy atom. The first-order chi connectivity index (χ1) is 16.5. The summed E-state index contributed by atoms with van der Waals surface area (Å²) >= 11 is 0. The number of methoxy groups -OCH3 is 2. The summed E-state index contributed by atoms with van der Waals surface area (Å²) in [5.41, 5.74) is 7.24. The van der Waals surface area contributed by atoms with Crippen LogP contribution in [0.1, 0.15) is 35.0 Å². The lowest BCUT2D eigenvalue weighted by Crippen LogP contribution is -2.47. The van der Waals surface area contributed by atoms with Gasteiger partial charge in [-0.25, -0.2) is 10.4 Å². The normalized spacial score (nSPS) is 19.5. The number of oxazole rings is 1. The van der Waals surface area contributed by atoms with Gasteiger partial charge in [-0.2, -0.15) is 0 Å². The monoisotopic (exact) mass is 460 g/mol. The molecule has 1 fully saturated rings. The molecule has 8 heteroatoms. The molecule has 2 aliphatic rings. The molecular weight excluding hydrogens is 432 g/mol. The molecule has 1 saturated heterocycles. The number of hydrazine groups is 1. The maximum atomic E-state index is 13.3. The van der Waals surface area contributed by atoms with Crippen LogP contribution in [0.4, 0.5) is 0 Å². The summed E-state index contributed by atoms with van der Waals surface area (Å²) in [6.07, 6.45) is 4.41. The summed E-state index contributed by atoms with van der Waals surface area (Å²) in [7, 11) is 3.17. The number of carbonyl (C=O) groups excluding carboxylic acids is 1. The lowest BCUT2D eigenvalue weighted by molar-refractivity contribution is -0.135. The average Bonchev–Trinajstić information content (AvgIpc) is 3.45. The second-order valence-corrected chi connectivity index (χ2v) is 8.58. The Morgan fingerprint density at radius 1 is 1.09 bits per heavy atom. The van der Waals surface area contributed by atoms with E-state index in [0.717, 1.165) is 0 Å². The van der Waals surface area contributed by atoms with Crippen molar-refractivity contribution in [2.24, 2.45) is 0 Å². The Bertz CT molecular complexity index is 1230. The predicted molar refractivity (Wildman–Crippen MR) is 127 cm³/mol. The Morgan fingerprint density at radius 3 is 2.62 bits per heavy atom. The third kappa shape index (κ3) is 3.90. The molecule has 3 heterocycles. The maximum absolute atomic E-state index is 13.3. The van der Waals surface area contributed by atoms with Crippen molar-refractivity contribution in [2.45, 2.75) is 38.9 Å². The number of rotatable bonds is 6. The maximum Gasteiger partial charge on any atom is 0.251 e. The number of ether oxygens (including phenoxy) is 2. The van der Waals surface area contributed by atoms with Crippen LogP contribution in [0.15, 0.2) is 59.3 Å². The lowest BCUT2D eigenvalue weighted by Gasteiger charge is -2.31. The van der Waals surface area contributed by atoms with Crippen molar-refractivity contribution < 1.29 is 18.7 Å². The van der Waals surface area contributed by atoms with Crippen molar-refractivity contribution in [2.75, 3.05) is 14.2 Å². The fraction of sp³-hybridized carbons (Fsp3) is 0.308. The SMILES string of the molecule is COc1cccc(-c2nc(CN3C=CN4NC(c5ccc(C)cc5)CC4C3=O)c(C)o2)c1OC. The number of nitrogens with one attached hydrogen (secondary N) is 1. The van der Waals surface area contributed by atoms with Gasteiger partial charge in [0, 0.05) is 12.4 Å². The van der Waals surface area contributed by atoms with Crippen LogP contribution in [0, 0.1) is 13.8 Å². The van der Waals surface area contributed by atoms with Crippen LogP contribution in [0.25, 0.3) is 11.5 Å². The minimum atomic E-state index is -0.263. The molecule has 2 atom stereocenters. The highest BCUT2D eigenvalue weighted by molar-refractivity contribution is 5.84. The smallest absolute Gasteiger partial charge is 0.251 e. The number of carbonyl (C=O) groups is 1. The summed E-state index contributed by atoms with van der Waals surface area (Å²) in [4.78, 5) is 19.7. The number of benzene rings is 2. The zero-order valence-electron chi connectivity index (χ0n) is 19.7. The summed E-state index contributed by atoms with van der Waals surface area (Å²) < 4.78 is 16.9. The zero-order chi connectivity index (χ0) is 23.8. The van der Waals surface area contributed by atoms with E-state index in [-0.39, 0.29) is 18.0 Å².